The van der Waals surface area contributed by atoms with Gasteiger partial charge in [-0.1, -0.05) is 24.3 Å². The highest BCUT2D eigenvalue weighted by molar-refractivity contribution is 6.11. The fourth-order valence-electron chi connectivity index (χ4n) is 3.36. The molecule has 0 radical (unpaired) electrons. The van der Waals surface area contributed by atoms with E-state index in [4.69, 9.17) is 9.47 Å². The summed E-state index contributed by atoms with van der Waals surface area (Å²) in [6.07, 6.45) is 1.59. The fourth-order valence-corrected chi connectivity index (χ4v) is 3.36. The van der Waals surface area contributed by atoms with E-state index in [0.29, 0.717) is 30.2 Å². The van der Waals surface area contributed by atoms with Crippen molar-refractivity contribution in [3.63, 3.8) is 0 Å². The number of hydrogen-bond acceptors (Lipinski definition) is 4. The molecule has 1 amide bonds. The van der Waals surface area contributed by atoms with Crippen LogP contribution in [0.3, 0.4) is 0 Å². The van der Waals surface area contributed by atoms with Crippen molar-refractivity contribution in [3.8, 4) is 17.6 Å². The standard InChI is InChI=1S/C26H26N2O3/c1-5-30-21-12-10-19-11-13-25(31-6-2)23(22(19)15-21)14-20(16-27)26(29)28-24-9-7-8-17(3)18(24)4/h7-15H,5-6H2,1-4H3,(H,28,29)/b20-14+. The molecule has 0 heterocycles. The van der Waals surface area contributed by atoms with Crippen LogP contribution in [0.5, 0.6) is 11.5 Å². The van der Waals surface area contributed by atoms with Crippen molar-refractivity contribution in [1.82, 2.24) is 0 Å². The van der Waals surface area contributed by atoms with Gasteiger partial charge < -0.3 is 14.8 Å². The van der Waals surface area contributed by atoms with Gasteiger partial charge in [-0.3, -0.25) is 4.79 Å². The van der Waals surface area contributed by atoms with E-state index < -0.39 is 5.91 Å². The molecule has 1 N–H and O–H groups in total. The Labute approximate surface area is 182 Å². The highest BCUT2D eigenvalue weighted by atomic mass is 16.5. The predicted octanol–water partition coefficient (Wildman–Crippen LogP) is 5.80. The van der Waals surface area contributed by atoms with Crippen molar-refractivity contribution in [2.75, 3.05) is 18.5 Å². The summed E-state index contributed by atoms with van der Waals surface area (Å²) in [6.45, 7) is 8.75. The molecule has 0 aliphatic carbocycles. The summed E-state index contributed by atoms with van der Waals surface area (Å²) >= 11 is 0. The van der Waals surface area contributed by atoms with Crippen LogP contribution in [0.1, 0.15) is 30.5 Å². The number of benzene rings is 3. The van der Waals surface area contributed by atoms with Crippen LogP contribution in [0.4, 0.5) is 5.69 Å². The Morgan fingerprint density at radius 3 is 2.52 bits per heavy atom. The first kappa shape index (κ1) is 21.9. The van der Waals surface area contributed by atoms with Gasteiger partial charge >= 0.3 is 0 Å². The van der Waals surface area contributed by atoms with Crippen LogP contribution in [-0.4, -0.2) is 19.1 Å². The topological polar surface area (TPSA) is 71.3 Å². The summed E-state index contributed by atoms with van der Waals surface area (Å²) in [4.78, 5) is 12.9. The van der Waals surface area contributed by atoms with Crippen LogP contribution < -0.4 is 14.8 Å². The second-order valence-corrected chi connectivity index (χ2v) is 7.10. The van der Waals surface area contributed by atoms with Gasteiger partial charge in [-0.25, -0.2) is 0 Å². The SMILES string of the molecule is CCOc1ccc2ccc(OCC)c(/C=C(\C#N)C(=O)Nc3cccc(C)c3C)c2c1. The minimum Gasteiger partial charge on any atom is -0.494 e. The Morgan fingerprint density at radius 1 is 1.06 bits per heavy atom. The number of anilines is 1. The minimum absolute atomic E-state index is 0.00354. The van der Waals surface area contributed by atoms with Crippen molar-refractivity contribution in [2.24, 2.45) is 0 Å². The van der Waals surface area contributed by atoms with Gasteiger partial charge in [0.25, 0.3) is 5.91 Å². The maximum Gasteiger partial charge on any atom is 0.266 e. The lowest BCUT2D eigenvalue weighted by Gasteiger charge is -2.13. The number of fused-ring (bicyclic) bond motifs is 1. The van der Waals surface area contributed by atoms with Gasteiger partial charge in [-0.05, 0) is 79.9 Å². The van der Waals surface area contributed by atoms with Crippen molar-refractivity contribution >= 4 is 28.4 Å². The number of carbonyl (C=O) groups excluding carboxylic acids is 1. The second kappa shape index (κ2) is 9.82. The average Bonchev–Trinajstić information content (AvgIpc) is 2.76. The predicted molar refractivity (Wildman–Crippen MR) is 124 cm³/mol. The van der Waals surface area contributed by atoms with Crippen LogP contribution in [0.25, 0.3) is 16.8 Å². The summed E-state index contributed by atoms with van der Waals surface area (Å²) in [6, 6.07) is 17.3. The lowest BCUT2D eigenvalue weighted by Crippen LogP contribution is -2.14. The maximum atomic E-state index is 12.9. The lowest BCUT2D eigenvalue weighted by atomic mass is 10.0. The number of rotatable bonds is 7. The first-order valence-electron chi connectivity index (χ1n) is 10.3. The Bertz CT molecular complexity index is 1180. The molecule has 0 spiro atoms. The normalized spacial score (nSPS) is 11.1. The maximum absolute atomic E-state index is 12.9. The molecule has 0 saturated heterocycles. The molecule has 3 aromatic carbocycles. The lowest BCUT2D eigenvalue weighted by molar-refractivity contribution is -0.112. The van der Waals surface area contributed by atoms with Crippen molar-refractivity contribution < 1.29 is 14.3 Å². The molecule has 0 saturated carbocycles. The molecule has 3 aromatic rings. The molecule has 0 aliphatic rings. The largest absolute Gasteiger partial charge is 0.494 e. The Kier molecular flexibility index (Phi) is 6.94. The number of carbonyl (C=O) groups is 1. The molecule has 3 rings (SSSR count). The third-order valence-corrected chi connectivity index (χ3v) is 5.11. The second-order valence-electron chi connectivity index (χ2n) is 7.10. The molecule has 5 nitrogen and oxygen atoms in total. The van der Waals surface area contributed by atoms with Gasteiger partial charge in [0.05, 0.1) is 13.2 Å². The summed E-state index contributed by atoms with van der Waals surface area (Å²) in [5.74, 6) is 0.865. The van der Waals surface area contributed by atoms with Crippen LogP contribution in [0.15, 0.2) is 54.1 Å². The summed E-state index contributed by atoms with van der Waals surface area (Å²) in [7, 11) is 0. The number of amides is 1. The first-order valence-corrected chi connectivity index (χ1v) is 10.3. The van der Waals surface area contributed by atoms with E-state index in [0.717, 1.165) is 27.6 Å². The molecule has 0 aromatic heterocycles. The number of nitrogens with zero attached hydrogens (tertiary/aromatic N) is 1. The van der Waals surface area contributed by atoms with E-state index in [1.807, 2.05) is 82.3 Å². The summed E-state index contributed by atoms with van der Waals surface area (Å²) in [5.41, 5.74) is 3.39. The van der Waals surface area contributed by atoms with E-state index in [1.54, 1.807) is 6.08 Å². The smallest absolute Gasteiger partial charge is 0.266 e. The van der Waals surface area contributed by atoms with E-state index in [-0.39, 0.29) is 5.57 Å². The zero-order valence-corrected chi connectivity index (χ0v) is 18.3. The van der Waals surface area contributed by atoms with Crippen LogP contribution in [0, 0.1) is 25.2 Å². The highest BCUT2D eigenvalue weighted by Gasteiger charge is 2.15. The monoisotopic (exact) mass is 414 g/mol. The minimum atomic E-state index is -0.461. The van der Waals surface area contributed by atoms with Gasteiger partial charge in [0.1, 0.15) is 23.1 Å². The van der Waals surface area contributed by atoms with Crippen LogP contribution in [0.2, 0.25) is 0 Å². The molecule has 31 heavy (non-hydrogen) atoms. The molecule has 5 heteroatoms. The van der Waals surface area contributed by atoms with Crippen LogP contribution >= 0.6 is 0 Å². The van der Waals surface area contributed by atoms with Crippen molar-refractivity contribution in [3.05, 3.63) is 70.8 Å². The van der Waals surface area contributed by atoms with Gasteiger partial charge in [0.2, 0.25) is 0 Å². The first-order chi connectivity index (χ1) is 15.0. The average molecular weight is 415 g/mol. The van der Waals surface area contributed by atoms with E-state index in [1.165, 1.54) is 0 Å². The van der Waals surface area contributed by atoms with Gasteiger partial charge in [-0.2, -0.15) is 5.26 Å². The van der Waals surface area contributed by atoms with Crippen molar-refractivity contribution in [2.45, 2.75) is 27.7 Å². The van der Waals surface area contributed by atoms with Gasteiger partial charge in [0, 0.05) is 11.3 Å². The quantitative estimate of drug-likeness (QED) is 0.392. The number of nitriles is 1. The number of hydrogen-bond donors (Lipinski definition) is 1. The third-order valence-electron chi connectivity index (χ3n) is 5.11. The zero-order valence-electron chi connectivity index (χ0n) is 18.3. The van der Waals surface area contributed by atoms with Gasteiger partial charge in [-0.15, -0.1) is 0 Å². The summed E-state index contributed by atoms with van der Waals surface area (Å²) < 4.78 is 11.4. The number of nitrogens with one attached hydrogen (secondary N) is 1. The molecule has 0 fully saturated rings. The Morgan fingerprint density at radius 2 is 1.81 bits per heavy atom. The van der Waals surface area contributed by atoms with E-state index in [9.17, 15) is 10.1 Å². The van der Waals surface area contributed by atoms with Crippen molar-refractivity contribution in [1.29, 1.82) is 5.26 Å². The summed E-state index contributed by atoms with van der Waals surface area (Å²) in [5, 5.41) is 14.4. The molecule has 0 aliphatic heterocycles. The fraction of sp³-hybridized carbons (Fsp3) is 0.231. The molecular weight excluding hydrogens is 388 g/mol. The molecule has 0 bridgehead atoms. The number of aryl methyl sites for hydroxylation is 1. The van der Waals surface area contributed by atoms with E-state index >= 15 is 0 Å². The molecular formula is C26H26N2O3. The molecule has 0 atom stereocenters. The van der Waals surface area contributed by atoms with Crippen LogP contribution in [-0.2, 0) is 4.79 Å². The van der Waals surface area contributed by atoms with Gasteiger partial charge in [0.15, 0.2) is 0 Å². The molecule has 0 unspecified atom stereocenters. The highest BCUT2D eigenvalue weighted by Crippen LogP contribution is 2.33. The zero-order chi connectivity index (χ0) is 22.4. The Hall–Kier alpha value is -3.78. The molecule has 158 valence electrons. The number of ether oxygens (including phenoxy) is 2. The Balaban J connectivity index is 2.09. The van der Waals surface area contributed by atoms with E-state index in [2.05, 4.69) is 5.32 Å². The third kappa shape index (κ3) is 4.87.